The van der Waals surface area contributed by atoms with Gasteiger partial charge in [0, 0.05) is 0 Å². The van der Waals surface area contributed by atoms with Gasteiger partial charge in [-0.05, 0) is 30.0 Å². The van der Waals surface area contributed by atoms with Crippen molar-refractivity contribution in [3.63, 3.8) is 0 Å². The fraction of sp³-hybridized carbons (Fsp3) is 0.462. The summed E-state index contributed by atoms with van der Waals surface area (Å²) in [7, 11) is 0. The Morgan fingerprint density at radius 2 is 2.17 bits per heavy atom. The molecule has 18 heavy (non-hydrogen) atoms. The number of aryl methyl sites for hydroxylation is 1. The largest absolute Gasteiger partial charge is 0.493 e. The molecule has 0 saturated carbocycles. The normalized spacial score (nSPS) is 10.5. The summed E-state index contributed by atoms with van der Waals surface area (Å²) in [6.45, 7) is 6.49. The summed E-state index contributed by atoms with van der Waals surface area (Å²) in [5.41, 5.74) is 4.10. The minimum atomic E-state index is -0.449. The zero-order valence-corrected chi connectivity index (χ0v) is 11.0. The van der Waals surface area contributed by atoms with Crippen molar-refractivity contribution >= 4 is 5.97 Å². The van der Waals surface area contributed by atoms with Crippen LogP contribution in [-0.4, -0.2) is 12.6 Å². The number of hydrazine groups is 1. The van der Waals surface area contributed by atoms with Crippen LogP contribution in [0.25, 0.3) is 0 Å². The topological polar surface area (TPSA) is 73.6 Å². The number of nitrogens with one attached hydrogen (secondary N) is 1. The van der Waals surface area contributed by atoms with Crippen LogP contribution >= 0.6 is 0 Å². The van der Waals surface area contributed by atoms with Gasteiger partial charge in [0.25, 0.3) is 0 Å². The average Bonchev–Trinajstić information content (AvgIpc) is 2.31. The third kappa shape index (κ3) is 4.35. The summed E-state index contributed by atoms with van der Waals surface area (Å²) in [5, 5.41) is 0. The van der Waals surface area contributed by atoms with E-state index in [1.807, 2.05) is 24.6 Å². The summed E-state index contributed by atoms with van der Waals surface area (Å²) < 4.78 is 5.58. The highest BCUT2D eigenvalue weighted by atomic mass is 16.7. The van der Waals surface area contributed by atoms with Gasteiger partial charge in [0.05, 0.1) is 13.0 Å². The van der Waals surface area contributed by atoms with Crippen LogP contribution in [0, 0.1) is 6.92 Å². The lowest BCUT2D eigenvalue weighted by molar-refractivity contribution is -0.151. The highest BCUT2D eigenvalue weighted by Crippen LogP contribution is 2.24. The molecule has 5 heteroatoms. The molecule has 0 aliphatic rings. The van der Waals surface area contributed by atoms with Gasteiger partial charge in [0.2, 0.25) is 0 Å². The molecule has 0 atom stereocenters. The SMILES string of the molecule is Cc1ccc(C(C)C)cc1OCCC(=O)ONN. The van der Waals surface area contributed by atoms with Crippen LogP contribution in [0.3, 0.4) is 0 Å². The van der Waals surface area contributed by atoms with Crippen LogP contribution in [0.2, 0.25) is 0 Å². The Balaban J connectivity index is 2.56. The second-order valence-electron chi connectivity index (χ2n) is 4.37. The summed E-state index contributed by atoms with van der Waals surface area (Å²) >= 11 is 0. The van der Waals surface area contributed by atoms with Crippen molar-refractivity contribution in [1.82, 2.24) is 5.59 Å². The number of benzene rings is 1. The molecule has 1 aromatic rings. The quantitative estimate of drug-likeness (QED) is 0.596. The predicted octanol–water partition coefficient (Wildman–Crippen LogP) is 1.81. The van der Waals surface area contributed by atoms with Crippen LogP contribution in [0.1, 0.15) is 37.3 Å². The molecule has 0 bridgehead atoms. The zero-order chi connectivity index (χ0) is 13.5. The second kappa shape index (κ2) is 6.98. The molecule has 0 fully saturated rings. The second-order valence-corrected chi connectivity index (χ2v) is 4.37. The number of ether oxygens (including phenoxy) is 1. The lowest BCUT2D eigenvalue weighted by atomic mass is 10.0. The first kappa shape index (κ1) is 14.5. The van der Waals surface area contributed by atoms with Crippen LogP contribution < -0.4 is 16.2 Å². The maximum Gasteiger partial charge on any atom is 0.329 e. The summed E-state index contributed by atoms with van der Waals surface area (Å²) in [4.78, 5) is 15.4. The van der Waals surface area contributed by atoms with Gasteiger partial charge in [0.15, 0.2) is 0 Å². The van der Waals surface area contributed by atoms with Crippen molar-refractivity contribution in [2.75, 3.05) is 6.61 Å². The summed E-state index contributed by atoms with van der Waals surface area (Å²) in [5.74, 6) is 5.65. The fourth-order valence-corrected chi connectivity index (χ4v) is 1.49. The Hall–Kier alpha value is -1.59. The van der Waals surface area contributed by atoms with Crippen molar-refractivity contribution in [2.24, 2.45) is 5.84 Å². The Bertz CT molecular complexity index is 405. The van der Waals surface area contributed by atoms with E-state index in [0.717, 1.165) is 11.3 Å². The molecule has 1 rings (SSSR count). The van der Waals surface area contributed by atoms with Gasteiger partial charge in [-0.1, -0.05) is 31.6 Å². The van der Waals surface area contributed by atoms with Crippen LogP contribution in [-0.2, 0) is 9.63 Å². The third-order valence-electron chi connectivity index (χ3n) is 2.62. The maximum absolute atomic E-state index is 11.0. The number of hydrogen-bond acceptors (Lipinski definition) is 5. The first-order chi connectivity index (χ1) is 8.54. The Kier molecular flexibility index (Phi) is 5.61. The summed E-state index contributed by atoms with van der Waals surface area (Å²) in [6, 6.07) is 6.11. The molecule has 0 radical (unpaired) electrons. The van der Waals surface area contributed by atoms with Crippen molar-refractivity contribution in [2.45, 2.75) is 33.1 Å². The first-order valence-corrected chi connectivity index (χ1v) is 5.93. The average molecular weight is 252 g/mol. The molecule has 0 spiro atoms. The van der Waals surface area contributed by atoms with E-state index < -0.39 is 5.97 Å². The predicted molar refractivity (Wildman–Crippen MR) is 68.8 cm³/mol. The van der Waals surface area contributed by atoms with Gasteiger partial charge in [-0.3, -0.25) is 4.79 Å². The number of nitrogens with two attached hydrogens (primary N) is 1. The standard InChI is InChI=1S/C13H20N2O3/c1-9(2)11-5-4-10(3)12(8-11)17-7-6-13(16)18-15-14/h4-5,8-9,15H,6-7,14H2,1-3H3. The molecule has 100 valence electrons. The molecule has 0 saturated heterocycles. The molecule has 3 N–H and O–H groups in total. The minimum Gasteiger partial charge on any atom is -0.493 e. The molecule has 0 amide bonds. The molecule has 0 aliphatic carbocycles. The molecular formula is C13H20N2O3. The zero-order valence-electron chi connectivity index (χ0n) is 11.0. The Morgan fingerprint density at radius 1 is 1.44 bits per heavy atom. The molecule has 1 aromatic carbocycles. The highest BCUT2D eigenvalue weighted by Gasteiger charge is 2.07. The monoisotopic (exact) mass is 252 g/mol. The smallest absolute Gasteiger partial charge is 0.329 e. The van der Waals surface area contributed by atoms with Crippen LogP contribution in [0.4, 0.5) is 0 Å². The Morgan fingerprint density at radius 3 is 2.78 bits per heavy atom. The van der Waals surface area contributed by atoms with E-state index in [9.17, 15) is 4.79 Å². The molecular weight excluding hydrogens is 232 g/mol. The molecule has 5 nitrogen and oxygen atoms in total. The third-order valence-corrected chi connectivity index (χ3v) is 2.62. The van der Waals surface area contributed by atoms with Gasteiger partial charge in [-0.25, -0.2) is 5.84 Å². The van der Waals surface area contributed by atoms with E-state index in [-0.39, 0.29) is 13.0 Å². The lowest BCUT2D eigenvalue weighted by Gasteiger charge is -2.12. The first-order valence-electron chi connectivity index (χ1n) is 5.93. The van der Waals surface area contributed by atoms with Gasteiger partial charge < -0.3 is 9.57 Å². The highest BCUT2D eigenvalue weighted by molar-refractivity contribution is 5.69. The maximum atomic E-state index is 11.0. The number of rotatable bonds is 6. The number of hydrogen-bond donors (Lipinski definition) is 2. The van der Waals surface area contributed by atoms with E-state index in [1.165, 1.54) is 5.56 Å². The molecule has 0 aliphatic heterocycles. The summed E-state index contributed by atoms with van der Waals surface area (Å²) in [6.07, 6.45) is 0.148. The van der Waals surface area contributed by atoms with Crippen LogP contribution in [0.15, 0.2) is 18.2 Å². The minimum absolute atomic E-state index is 0.148. The van der Waals surface area contributed by atoms with E-state index in [0.29, 0.717) is 5.92 Å². The lowest BCUT2D eigenvalue weighted by Crippen LogP contribution is -2.27. The van der Waals surface area contributed by atoms with E-state index >= 15 is 0 Å². The number of carbonyl (C=O) groups is 1. The molecule has 0 heterocycles. The van der Waals surface area contributed by atoms with Gasteiger partial charge in [0.1, 0.15) is 5.75 Å². The van der Waals surface area contributed by atoms with Crippen molar-refractivity contribution in [1.29, 1.82) is 0 Å². The van der Waals surface area contributed by atoms with Gasteiger partial charge in [-0.15, -0.1) is 0 Å². The molecule has 0 unspecified atom stereocenters. The van der Waals surface area contributed by atoms with Crippen molar-refractivity contribution in [3.05, 3.63) is 29.3 Å². The van der Waals surface area contributed by atoms with Crippen molar-refractivity contribution < 1.29 is 14.4 Å². The van der Waals surface area contributed by atoms with E-state index in [4.69, 9.17) is 10.6 Å². The number of carbonyl (C=O) groups excluding carboxylic acids is 1. The van der Waals surface area contributed by atoms with Crippen LogP contribution in [0.5, 0.6) is 5.75 Å². The van der Waals surface area contributed by atoms with E-state index in [1.54, 1.807) is 0 Å². The van der Waals surface area contributed by atoms with Gasteiger partial charge in [-0.2, -0.15) is 0 Å². The molecule has 0 aromatic heterocycles. The van der Waals surface area contributed by atoms with E-state index in [2.05, 4.69) is 24.8 Å². The van der Waals surface area contributed by atoms with Gasteiger partial charge >= 0.3 is 5.97 Å². The fourth-order valence-electron chi connectivity index (χ4n) is 1.49. The Labute approximate surface area is 107 Å². The van der Waals surface area contributed by atoms with Crippen molar-refractivity contribution in [3.8, 4) is 5.75 Å².